The number of rotatable bonds is 9. The topological polar surface area (TPSA) is 57.4 Å². The molecule has 0 N–H and O–H groups in total. The predicted molar refractivity (Wildman–Crippen MR) is 93.9 cm³/mol. The van der Waals surface area contributed by atoms with E-state index in [9.17, 15) is 0 Å². The fourth-order valence-corrected chi connectivity index (χ4v) is 2.59. The first-order valence-corrected chi connectivity index (χ1v) is 9.23. The van der Waals surface area contributed by atoms with E-state index in [2.05, 4.69) is 39.9 Å². The van der Waals surface area contributed by atoms with Crippen LogP contribution in [0.3, 0.4) is 0 Å². The van der Waals surface area contributed by atoms with E-state index in [1.807, 2.05) is 24.3 Å². The van der Waals surface area contributed by atoms with Gasteiger partial charge in [0.05, 0.1) is 13.0 Å². The average molecular weight is 395 g/mol. The van der Waals surface area contributed by atoms with Gasteiger partial charge in [0.15, 0.2) is 6.10 Å². The quantitative estimate of drug-likeness (QED) is 0.582. The Kier molecular flexibility index (Phi) is 5.89. The highest BCUT2D eigenvalue weighted by molar-refractivity contribution is 9.10. The summed E-state index contributed by atoms with van der Waals surface area (Å²) >= 11 is 3.42. The van der Waals surface area contributed by atoms with Crippen molar-refractivity contribution < 1.29 is 14.0 Å². The van der Waals surface area contributed by atoms with Gasteiger partial charge in [-0.3, -0.25) is 0 Å². The van der Waals surface area contributed by atoms with E-state index in [1.54, 1.807) is 0 Å². The molecule has 1 aliphatic rings. The lowest BCUT2D eigenvalue weighted by molar-refractivity contribution is 0.121. The Morgan fingerprint density at radius 1 is 1.25 bits per heavy atom. The number of hydrogen-bond donors (Lipinski definition) is 0. The summed E-state index contributed by atoms with van der Waals surface area (Å²) in [7, 11) is 0. The van der Waals surface area contributed by atoms with Crippen molar-refractivity contribution >= 4 is 15.9 Å². The van der Waals surface area contributed by atoms with Gasteiger partial charge in [0.25, 0.3) is 0 Å². The number of halogens is 1. The molecule has 24 heavy (non-hydrogen) atoms. The molecule has 0 radical (unpaired) electrons. The average Bonchev–Trinajstić information content (AvgIpc) is 3.27. The Morgan fingerprint density at radius 3 is 2.67 bits per heavy atom. The smallest absolute Gasteiger partial charge is 0.229 e. The third-order valence-electron chi connectivity index (χ3n) is 3.93. The maximum atomic E-state index is 6.06. The van der Waals surface area contributed by atoms with Gasteiger partial charge in [-0.15, -0.1) is 0 Å². The van der Waals surface area contributed by atoms with Gasteiger partial charge < -0.3 is 14.0 Å². The first-order chi connectivity index (χ1) is 11.6. The lowest BCUT2D eigenvalue weighted by atomic mass is 10.1. The molecule has 0 spiro atoms. The Balaban J connectivity index is 1.57. The van der Waals surface area contributed by atoms with Gasteiger partial charge >= 0.3 is 0 Å². The zero-order chi connectivity index (χ0) is 16.9. The Labute approximate surface area is 150 Å². The highest BCUT2D eigenvalue weighted by Gasteiger charge is 2.24. The van der Waals surface area contributed by atoms with E-state index in [0.717, 1.165) is 22.7 Å². The molecule has 1 atom stereocenters. The van der Waals surface area contributed by atoms with Crippen LogP contribution in [0.2, 0.25) is 0 Å². The largest absolute Gasteiger partial charge is 0.482 e. The summed E-state index contributed by atoms with van der Waals surface area (Å²) in [5.74, 6) is 2.98. The van der Waals surface area contributed by atoms with Crippen molar-refractivity contribution in [2.45, 2.75) is 39.2 Å². The van der Waals surface area contributed by atoms with Crippen LogP contribution in [0, 0.1) is 11.8 Å². The predicted octanol–water partition coefficient (Wildman–Crippen LogP) is 4.58. The van der Waals surface area contributed by atoms with Gasteiger partial charge in [-0.25, -0.2) is 0 Å². The molecular formula is C18H23BrN2O3. The van der Waals surface area contributed by atoms with Gasteiger partial charge in [-0.05, 0) is 48.9 Å². The van der Waals surface area contributed by atoms with E-state index < -0.39 is 0 Å². The summed E-state index contributed by atoms with van der Waals surface area (Å²) in [4.78, 5) is 4.49. The van der Waals surface area contributed by atoms with Gasteiger partial charge in [0.2, 0.25) is 11.7 Å². The molecular weight excluding hydrogens is 372 g/mol. The van der Waals surface area contributed by atoms with Gasteiger partial charge in [0.1, 0.15) is 5.75 Å². The van der Waals surface area contributed by atoms with E-state index in [4.69, 9.17) is 14.0 Å². The van der Waals surface area contributed by atoms with Crippen LogP contribution >= 0.6 is 15.9 Å². The molecule has 6 heteroatoms. The molecule has 2 aromatic rings. The molecule has 0 saturated heterocycles. The van der Waals surface area contributed by atoms with Crippen LogP contribution in [0.5, 0.6) is 5.75 Å². The molecule has 1 aromatic heterocycles. The summed E-state index contributed by atoms with van der Waals surface area (Å²) in [6, 6.07) is 7.75. The Morgan fingerprint density at radius 2 is 2.00 bits per heavy atom. The minimum atomic E-state index is -0.240. The molecule has 0 bridgehead atoms. The molecule has 1 heterocycles. The van der Waals surface area contributed by atoms with Gasteiger partial charge in [-0.2, -0.15) is 4.98 Å². The minimum absolute atomic E-state index is 0.227. The van der Waals surface area contributed by atoms with E-state index in [-0.39, 0.29) is 12.0 Å². The van der Waals surface area contributed by atoms with Crippen molar-refractivity contribution in [3.63, 3.8) is 0 Å². The Hall–Kier alpha value is -1.40. The second-order valence-electron chi connectivity index (χ2n) is 6.55. The monoisotopic (exact) mass is 394 g/mol. The van der Waals surface area contributed by atoms with Crippen LogP contribution in [-0.4, -0.2) is 23.4 Å². The SMILES string of the molecule is CC(C)C(Oc1ccc(Br)cc1)c1noc(CCOCC2CC2)n1. The first-order valence-electron chi connectivity index (χ1n) is 8.44. The van der Waals surface area contributed by atoms with Crippen molar-refractivity contribution in [2.75, 3.05) is 13.2 Å². The van der Waals surface area contributed by atoms with E-state index in [0.29, 0.717) is 24.7 Å². The van der Waals surface area contributed by atoms with Crippen molar-refractivity contribution in [2.24, 2.45) is 11.8 Å². The minimum Gasteiger partial charge on any atom is -0.482 e. The van der Waals surface area contributed by atoms with E-state index in [1.165, 1.54) is 12.8 Å². The normalized spacial score (nSPS) is 15.7. The number of benzene rings is 1. The summed E-state index contributed by atoms with van der Waals surface area (Å²) in [6.45, 7) is 5.64. The van der Waals surface area contributed by atoms with Crippen molar-refractivity contribution in [3.05, 3.63) is 40.5 Å². The van der Waals surface area contributed by atoms with Crippen LogP contribution in [0.15, 0.2) is 33.3 Å². The summed E-state index contributed by atoms with van der Waals surface area (Å²) in [5, 5.41) is 4.10. The van der Waals surface area contributed by atoms with Crippen LogP contribution < -0.4 is 4.74 Å². The molecule has 1 saturated carbocycles. The highest BCUT2D eigenvalue weighted by atomic mass is 79.9. The lowest BCUT2D eigenvalue weighted by Crippen LogP contribution is -2.16. The number of aromatic nitrogens is 2. The van der Waals surface area contributed by atoms with Gasteiger partial charge in [0, 0.05) is 11.1 Å². The fourth-order valence-electron chi connectivity index (χ4n) is 2.33. The first kappa shape index (κ1) is 17.4. The van der Waals surface area contributed by atoms with Crippen molar-refractivity contribution in [1.82, 2.24) is 10.1 Å². The standard InChI is InChI=1S/C18H23BrN2O3/c1-12(2)17(23-15-7-5-14(19)6-8-15)18-20-16(24-21-18)9-10-22-11-13-3-4-13/h5-8,12-13,17H,3-4,9-11H2,1-2H3. The number of hydrogen-bond acceptors (Lipinski definition) is 5. The fraction of sp³-hybridized carbons (Fsp3) is 0.556. The third-order valence-corrected chi connectivity index (χ3v) is 4.46. The van der Waals surface area contributed by atoms with Crippen LogP contribution in [0.1, 0.15) is 44.5 Å². The maximum Gasteiger partial charge on any atom is 0.229 e. The summed E-state index contributed by atoms with van der Waals surface area (Å²) in [6.07, 6.45) is 3.00. The maximum absolute atomic E-state index is 6.06. The molecule has 1 aliphatic carbocycles. The summed E-state index contributed by atoms with van der Waals surface area (Å²) < 4.78 is 18.0. The zero-order valence-electron chi connectivity index (χ0n) is 14.1. The molecule has 1 aromatic carbocycles. The van der Waals surface area contributed by atoms with Crippen molar-refractivity contribution in [3.8, 4) is 5.75 Å². The zero-order valence-corrected chi connectivity index (χ0v) is 15.7. The molecule has 0 amide bonds. The van der Waals surface area contributed by atoms with E-state index >= 15 is 0 Å². The van der Waals surface area contributed by atoms with Crippen LogP contribution in [0.25, 0.3) is 0 Å². The third kappa shape index (κ3) is 5.05. The molecule has 130 valence electrons. The van der Waals surface area contributed by atoms with Crippen molar-refractivity contribution in [1.29, 1.82) is 0 Å². The second kappa shape index (κ2) is 8.12. The molecule has 0 aliphatic heterocycles. The molecule has 1 fully saturated rings. The highest BCUT2D eigenvalue weighted by Crippen LogP contribution is 2.29. The summed E-state index contributed by atoms with van der Waals surface area (Å²) in [5.41, 5.74) is 0. The lowest BCUT2D eigenvalue weighted by Gasteiger charge is -2.19. The number of ether oxygens (including phenoxy) is 2. The molecule has 1 unspecified atom stereocenters. The number of nitrogens with zero attached hydrogens (tertiary/aromatic N) is 2. The Bertz CT molecular complexity index is 638. The van der Waals surface area contributed by atoms with Crippen LogP contribution in [-0.2, 0) is 11.2 Å². The molecule has 3 rings (SSSR count). The van der Waals surface area contributed by atoms with Gasteiger partial charge in [-0.1, -0.05) is 34.9 Å². The van der Waals surface area contributed by atoms with Crippen LogP contribution in [0.4, 0.5) is 0 Å². The molecule has 5 nitrogen and oxygen atoms in total. The second-order valence-corrected chi connectivity index (χ2v) is 7.47.